The summed E-state index contributed by atoms with van der Waals surface area (Å²) in [7, 11) is 0. The van der Waals surface area contributed by atoms with Gasteiger partial charge in [-0.15, -0.1) is 0 Å². The van der Waals surface area contributed by atoms with Gasteiger partial charge in [0, 0.05) is 7.14 Å². The fourth-order valence-electron chi connectivity index (χ4n) is 1.40. The Morgan fingerprint density at radius 2 is 1.33 bits per heavy atom. The summed E-state index contributed by atoms with van der Waals surface area (Å²) in [6.45, 7) is 0.615. The SMILES string of the molecule is Ic1ccc(COc2c(I)cc(I)cc2I)cc1. The smallest absolute Gasteiger partial charge is 0.146 e. The van der Waals surface area contributed by atoms with Crippen LogP contribution in [0.1, 0.15) is 5.56 Å². The van der Waals surface area contributed by atoms with E-state index in [1.165, 1.54) is 12.7 Å². The topological polar surface area (TPSA) is 9.23 Å². The zero-order chi connectivity index (χ0) is 13.1. The van der Waals surface area contributed by atoms with Crippen molar-refractivity contribution in [2.45, 2.75) is 6.61 Å². The summed E-state index contributed by atoms with van der Waals surface area (Å²) in [5, 5.41) is 0. The second kappa shape index (κ2) is 7.25. The molecule has 0 heterocycles. The fourth-order valence-corrected chi connectivity index (χ4v) is 5.66. The van der Waals surface area contributed by atoms with Crippen LogP contribution in [0.3, 0.4) is 0 Å². The van der Waals surface area contributed by atoms with Crippen LogP contribution in [-0.4, -0.2) is 0 Å². The van der Waals surface area contributed by atoms with E-state index in [1.807, 2.05) is 0 Å². The summed E-state index contributed by atoms with van der Waals surface area (Å²) in [4.78, 5) is 0. The van der Waals surface area contributed by atoms with Crippen LogP contribution < -0.4 is 4.74 Å². The van der Waals surface area contributed by atoms with E-state index in [4.69, 9.17) is 4.74 Å². The Labute approximate surface area is 161 Å². The molecule has 18 heavy (non-hydrogen) atoms. The van der Waals surface area contributed by atoms with Crippen LogP contribution in [0, 0.1) is 14.3 Å². The summed E-state index contributed by atoms with van der Waals surface area (Å²) >= 11 is 9.28. The maximum atomic E-state index is 5.93. The minimum absolute atomic E-state index is 0.615. The molecule has 0 aliphatic rings. The zero-order valence-corrected chi connectivity index (χ0v) is 17.7. The molecule has 0 saturated carbocycles. The summed E-state index contributed by atoms with van der Waals surface area (Å²) in [6, 6.07) is 12.7. The first-order valence-electron chi connectivity index (χ1n) is 5.08. The summed E-state index contributed by atoms with van der Waals surface area (Å²) < 4.78 is 10.7. The van der Waals surface area contributed by atoms with E-state index in [9.17, 15) is 0 Å². The molecule has 0 aliphatic carbocycles. The van der Waals surface area contributed by atoms with Crippen molar-refractivity contribution >= 4 is 90.4 Å². The molecule has 0 aromatic heterocycles. The lowest BCUT2D eigenvalue weighted by atomic mass is 10.2. The first-order valence-corrected chi connectivity index (χ1v) is 9.39. The van der Waals surface area contributed by atoms with Crippen LogP contribution in [-0.2, 0) is 6.61 Å². The lowest BCUT2D eigenvalue weighted by Crippen LogP contribution is -1.99. The van der Waals surface area contributed by atoms with Crippen LogP contribution in [0.25, 0.3) is 0 Å². The van der Waals surface area contributed by atoms with Crippen molar-refractivity contribution in [2.75, 3.05) is 0 Å². The van der Waals surface area contributed by atoms with Gasteiger partial charge in [0.15, 0.2) is 0 Å². The third-order valence-corrected chi connectivity index (χ3v) is 5.20. The Balaban J connectivity index is 2.13. The average molecular weight is 688 g/mol. The molecule has 0 spiro atoms. The highest BCUT2D eigenvalue weighted by atomic mass is 127. The number of hydrogen-bond acceptors (Lipinski definition) is 1. The van der Waals surface area contributed by atoms with Gasteiger partial charge in [-0.3, -0.25) is 0 Å². The zero-order valence-electron chi connectivity index (χ0n) is 9.09. The number of benzene rings is 2. The second-order valence-corrected chi connectivity index (χ2v) is 8.43. The van der Waals surface area contributed by atoms with Crippen LogP contribution in [0.5, 0.6) is 5.75 Å². The Morgan fingerprint density at radius 1 is 0.778 bits per heavy atom. The predicted octanol–water partition coefficient (Wildman–Crippen LogP) is 5.68. The van der Waals surface area contributed by atoms with Gasteiger partial charge >= 0.3 is 0 Å². The van der Waals surface area contributed by atoms with Crippen LogP contribution >= 0.6 is 90.4 Å². The molecule has 2 aromatic carbocycles. The molecule has 2 aromatic rings. The summed E-state index contributed by atoms with van der Waals surface area (Å²) in [5.41, 5.74) is 1.19. The third kappa shape index (κ3) is 4.33. The maximum Gasteiger partial charge on any atom is 0.146 e. The lowest BCUT2D eigenvalue weighted by Gasteiger charge is -2.11. The minimum atomic E-state index is 0.615. The quantitative estimate of drug-likeness (QED) is 0.378. The van der Waals surface area contributed by atoms with Gasteiger partial charge in [0.25, 0.3) is 0 Å². The van der Waals surface area contributed by atoms with Crippen molar-refractivity contribution in [3.63, 3.8) is 0 Å². The van der Waals surface area contributed by atoms with Crippen molar-refractivity contribution in [1.29, 1.82) is 0 Å². The number of hydrogen-bond donors (Lipinski definition) is 0. The molecule has 5 heteroatoms. The number of ether oxygens (including phenoxy) is 1. The average Bonchev–Trinajstić information content (AvgIpc) is 2.30. The molecule has 0 bridgehead atoms. The molecule has 0 atom stereocenters. The molecule has 0 unspecified atom stereocenters. The molecule has 0 aliphatic heterocycles. The van der Waals surface area contributed by atoms with Gasteiger partial charge in [0.05, 0.1) is 7.14 Å². The van der Waals surface area contributed by atoms with Crippen LogP contribution in [0.4, 0.5) is 0 Å². The van der Waals surface area contributed by atoms with Gasteiger partial charge in [-0.25, -0.2) is 0 Å². The van der Waals surface area contributed by atoms with Crippen molar-refractivity contribution < 1.29 is 4.74 Å². The largest absolute Gasteiger partial charge is 0.487 e. The van der Waals surface area contributed by atoms with Crippen LogP contribution in [0.2, 0.25) is 0 Å². The Morgan fingerprint density at radius 3 is 1.89 bits per heavy atom. The van der Waals surface area contributed by atoms with E-state index in [0.29, 0.717) is 6.61 Å². The summed E-state index contributed by atoms with van der Waals surface area (Å²) in [6.07, 6.45) is 0. The molecule has 0 radical (unpaired) electrons. The maximum absolute atomic E-state index is 5.93. The molecule has 0 amide bonds. The Hall–Kier alpha value is 1.16. The molecule has 2 rings (SSSR count). The fraction of sp³-hybridized carbons (Fsp3) is 0.0769. The molecular formula is C13H8I4O. The summed E-state index contributed by atoms with van der Waals surface area (Å²) in [5.74, 6) is 0.982. The van der Waals surface area contributed by atoms with E-state index >= 15 is 0 Å². The molecule has 94 valence electrons. The minimum Gasteiger partial charge on any atom is -0.487 e. The Kier molecular flexibility index (Phi) is 6.26. The number of rotatable bonds is 3. The highest BCUT2D eigenvalue weighted by Gasteiger charge is 2.08. The predicted molar refractivity (Wildman–Crippen MR) is 108 cm³/mol. The Bertz CT molecular complexity index is 528. The van der Waals surface area contributed by atoms with E-state index < -0.39 is 0 Å². The molecule has 0 saturated heterocycles. The van der Waals surface area contributed by atoms with E-state index in [2.05, 4.69) is 127 Å². The standard InChI is InChI=1S/C13H8I4O/c14-9-3-1-8(2-4-9)7-18-13-11(16)5-10(15)6-12(13)17/h1-6H,7H2. The highest BCUT2D eigenvalue weighted by Crippen LogP contribution is 2.30. The first-order chi connectivity index (χ1) is 8.56. The number of halogens is 4. The van der Waals surface area contributed by atoms with Crippen molar-refractivity contribution in [3.05, 3.63) is 56.2 Å². The molecule has 1 nitrogen and oxygen atoms in total. The molecule has 0 fully saturated rings. The van der Waals surface area contributed by atoms with Gasteiger partial charge in [-0.2, -0.15) is 0 Å². The van der Waals surface area contributed by atoms with Gasteiger partial charge in [0.1, 0.15) is 12.4 Å². The van der Waals surface area contributed by atoms with Crippen molar-refractivity contribution in [2.24, 2.45) is 0 Å². The van der Waals surface area contributed by atoms with E-state index in [0.717, 1.165) is 12.9 Å². The lowest BCUT2D eigenvalue weighted by molar-refractivity contribution is 0.301. The van der Waals surface area contributed by atoms with Gasteiger partial charge in [-0.05, 0) is 120 Å². The van der Waals surface area contributed by atoms with Gasteiger partial charge in [-0.1, -0.05) is 12.1 Å². The third-order valence-electron chi connectivity index (χ3n) is 2.26. The van der Waals surface area contributed by atoms with E-state index in [1.54, 1.807) is 0 Å². The second-order valence-electron chi connectivity index (χ2n) is 3.61. The normalized spacial score (nSPS) is 10.4. The van der Waals surface area contributed by atoms with Crippen LogP contribution in [0.15, 0.2) is 36.4 Å². The molecule has 0 N–H and O–H groups in total. The van der Waals surface area contributed by atoms with Crippen molar-refractivity contribution in [1.82, 2.24) is 0 Å². The molecular weight excluding hydrogens is 680 g/mol. The monoisotopic (exact) mass is 688 g/mol. The van der Waals surface area contributed by atoms with Crippen molar-refractivity contribution in [3.8, 4) is 5.75 Å². The first kappa shape index (κ1) is 15.5. The van der Waals surface area contributed by atoms with Gasteiger partial charge < -0.3 is 4.74 Å². The van der Waals surface area contributed by atoms with Gasteiger partial charge in [0.2, 0.25) is 0 Å². The van der Waals surface area contributed by atoms with E-state index in [-0.39, 0.29) is 0 Å². The highest BCUT2D eigenvalue weighted by molar-refractivity contribution is 14.1.